The lowest BCUT2D eigenvalue weighted by Crippen LogP contribution is -2.50. The number of guanidine groups is 1. The average Bonchev–Trinajstić information content (AvgIpc) is 3.12. The quantitative estimate of drug-likeness (QED) is 0.136. The van der Waals surface area contributed by atoms with Gasteiger partial charge in [0.1, 0.15) is 5.70 Å². The fraction of sp³-hybridized carbons (Fsp3) is 0.867. The van der Waals surface area contributed by atoms with E-state index < -0.39 is 0 Å². The maximum atomic E-state index is 12.9. The molecule has 0 aromatic heterocycles. The first-order valence-corrected chi connectivity index (χ1v) is 14.7. The van der Waals surface area contributed by atoms with Crippen LogP contribution in [0.4, 0.5) is 0 Å². The summed E-state index contributed by atoms with van der Waals surface area (Å²) in [6.45, 7) is 13.6. The van der Waals surface area contributed by atoms with Gasteiger partial charge in [0, 0.05) is 5.54 Å². The zero-order chi connectivity index (χ0) is 25.3. The molecule has 4 heteroatoms. The van der Waals surface area contributed by atoms with Gasteiger partial charge in [0.15, 0.2) is 0 Å². The number of amides is 1. The molecule has 0 spiro atoms. The predicted octanol–water partition coefficient (Wildman–Crippen LogP) is 8.81. The van der Waals surface area contributed by atoms with Gasteiger partial charge in [-0.3, -0.25) is 10.1 Å². The monoisotopic (exact) mass is 475 g/mol. The largest absolute Gasteiger partial charge is 0.351 e. The Labute approximate surface area is 212 Å². The lowest BCUT2D eigenvalue weighted by molar-refractivity contribution is -0.115. The zero-order valence-electron chi connectivity index (χ0n) is 23.7. The number of carbonyl (C=O) groups excluding carboxylic acids is 1. The second-order valence-corrected chi connectivity index (χ2v) is 11.3. The number of aliphatic imine (C=N–C) groups is 1. The lowest BCUT2D eigenvalue weighted by atomic mass is 9.79. The molecule has 0 radical (unpaired) electrons. The highest BCUT2D eigenvalue weighted by Crippen LogP contribution is 2.35. The number of carbonyl (C=O) groups is 1. The molecule has 0 aliphatic carbocycles. The minimum atomic E-state index is -0.0439. The molecule has 1 aliphatic rings. The first kappa shape index (κ1) is 30.7. The number of unbranched alkanes of at least 4 members (excludes halogenated alkanes) is 10. The molecule has 0 saturated carbocycles. The van der Waals surface area contributed by atoms with Crippen molar-refractivity contribution in [3.63, 3.8) is 0 Å². The van der Waals surface area contributed by atoms with Gasteiger partial charge in [0.05, 0.1) is 0 Å². The Kier molecular flexibility index (Phi) is 15.5. The fourth-order valence-electron chi connectivity index (χ4n) is 5.24. The van der Waals surface area contributed by atoms with Crippen LogP contribution in [0.15, 0.2) is 16.8 Å². The van der Waals surface area contributed by atoms with E-state index in [1.807, 2.05) is 0 Å². The number of rotatable bonds is 20. The van der Waals surface area contributed by atoms with E-state index in [2.05, 4.69) is 58.3 Å². The van der Waals surface area contributed by atoms with E-state index in [0.717, 1.165) is 32.1 Å². The summed E-state index contributed by atoms with van der Waals surface area (Å²) >= 11 is 0. The van der Waals surface area contributed by atoms with Crippen molar-refractivity contribution in [1.82, 2.24) is 10.6 Å². The first-order chi connectivity index (χ1) is 16.3. The Bertz CT molecular complexity index is 613. The van der Waals surface area contributed by atoms with E-state index in [9.17, 15) is 4.79 Å². The third kappa shape index (κ3) is 12.4. The second kappa shape index (κ2) is 17.2. The molecular weight excluding hydrogens is 418 g/mol. The normalized spacial score (nSPS) is 17.1. The molecule has 0 aromatic carbocycles. The number of nitrogens with zero attached hydrogens (tertiary/aromatic N) is 1. The molecular formula is C30H57N3O. The maximum Gasteiger partial charge on any atom is 0.276 e. The van der Waals surface area contributed by atoms with E-state index in [4.69, 9.17) is 4.99 Å². The van der Waals surface area contributed by atoms with Crippen molar-refractivity contribution in [2.45, 2.75) is 163 Å². The van der Waals surface area contributed by atoms with Crippen LogP contribution in [0.25, 0.3) is 0 Å². The minimum absolute atomic E-state index is 0.0217. The summed E-state index contributed by atoms with van der Waals surface area (Å²) in [6, 6.07) is 0. The minimum Gasteiger partial charge on any atom is -0.351 e. The van der Waals surface area contributed by atoms with Gasteiger partial charge in [0.25, 0.3) is 5.91 Å². The van der Waals surface area contributed by atoms with Crippen LogP contribution >= 0.6 is 0 Å². The van der Waals surface area contributed by atoms with E-state index in [0.29, 0.717) is 11.7 Å². The molecule has 34 heavy (non-hydrogen) atoms. The van der Waals surface area contributed by atoms with Gasteiger partial charge in [0.2, 0.25) is 5.96 Å². The van der Waals surface area contributed by atoms with Crippen molar-refractivity contribution in [2.75, 3.05) is 0 Å². The van der Waals surface area contributed by atoms with Gasteiger partial charge in [-0.25, -0.2) is 4.99 Å². The standard InChI is InChI=1S/C30H57N3O/c1-7-11-14-17-20-24-30(6,21-10-4)33-28-31-26(27(34)32-28)25-29(5,22-18-15-12-8-2)23-19-16-13-9-3/h25H,7-24H2,1-6H3,(H2,31,32,33,34)/b26-25-. The summed E-state index contributed by atoms with van der Waals surface area (Å²) in [7, 11) is 0. The van der Waals surface area contributed by atoms with E-state index in [1.165, 1.54) is 83.5 Å². The molecule has 0 bridgehead atoms. The van der Waals surface area contributed by atoms with Gasteiger partial charge in [-0.05, 0) is 44.1 Å². The molecule has 1 atom stereocenters. The van der Waals surface area contributed by atoms with Crippen molar-refractivity contribution in [2.24, 2.45) is 10.4 Å². The van der Waals surface area contributed by atoms with Gasteiger partial charge < -0.3 is 5.32 Å². The Morgan fingerprint density at radius 3 is 1.74 bits per heavy atom. The van der Waals surface area contributed by atoms with Gasteiger partial charge in [-0.15, -0.1) is 0 Å². The number of allylic oxidation sites excluding steroid dienone is 1. The molecule has 0 saturated heterocycles. The SMILES string of the molecule is CCCCCCCC(C)(CCC)NC1=N/C(=C\C(C)(CCCCCC)CCCCCC)C(=O)N1. The lowest BCUT2D eigenvalue weighted by Gasteiger charge is -2.31. The van der Waals surface area contributed by atoms with Crippen LogP contribution < -0.4 is 10.6 Å². The first-order valence-electron chi connectivity index (χ1n) is 14.7. The highest BCUT2D eigenvalue weighted by Gasteiger charge is 2.30. The Hall–Kier alpha value is -1.32. The number of nitrogens with one attached hydrogen (secondary N) is 2. The molecule has 1 aliphatic heterocycles. The molecule has 0 fully saturated rings. The highest BCUT2D eigenvalue weighted by atomic mass is 16.2. The zero-order valence-corrected chi connectivity index (χ0v) is 23.7. The molecule has 4 nitrogen and oxygen atoms in total. The van der Waals surface area contributed by atoms with Crippen LogP contribution in [0, 0.1) is 5.41 Å². The Morgan fingerprint density at radius 1 is 0.706 bits per heavy atom. The Balaban J connectivity index is 2.88. The van der Waals surface area contributed by atoms with Gasteiger partial charge >= 0.3 is 0 Å². The summed E-state index contributed by atoms with van der Waals surface area (Å²) in [5, 5.41) is 6.66. The maximum absolute atomic E-state index is 12.9. The van der Waals surface area contributed by atoms with Crippen LogP contribution in [0.1, 0.15) is 157 Å². The van der Waals surface area contributed by atoms with Crippen LogP contribution in [-0.4, -0.2) is 17.4 Å². The summed E-state index contributed by atoms with van der Waals surface area (Å²) < 4.78 is 0. The van der Waals surface area contributed by atoms with Crippen molar-refractivity contribution >= 4 is 11.9 Å². The Morgan fingerprint density at radius 2 is 1.21 bits per heavy atom. The van der Waals surface area contributed by atoms with Crippen molar-refractivity contribution in [3.05, 3.63) is 11.8 Å². The summed E-state index contributed by atoms with van der Waals surface area (Å²) in [6.07, 6.45) is 24.3. The van der Waals surface area contributed by atoms with Gasteiger partial charge in [-0.1, -0.05) is 125 Å². The fourth-order valence-corrected chi connectivity index (χ4v) is 5.24. The number of hydrogen-bond donors (Lipinski definition) is 2. The van der Waals surface area contributed by atoms with Crippen molar-refractivity contribution in [3.8, 4) is 0 Å². The van der Waals surface area contributed by atoms with Crippen molar-refractivity contribution < 1.29 is 4.79 Å². The van der Waals surface area contributed by atoms with Crippen LogP contribution in [0.3, 0.4) is 0 Å². The third-order valence-electron chi connectivity index (χ3n) is 7.44. The summed E-state index contributed by atoms with van der Waals surface area (Å²) in [5.41, 5.74) is 0.628. The second-order valence-electron chi connectivity index (χ2n) is 11.3. The smallest absolute Gasteiger partial charge is 0.276 e. The topological polar surface area (TPSA) is 53.5 Å². The van der Waals surface area contributed by atoms with E-state index in [-0.39, 0.29) is 16.9 Å². The average molecular weight is 476 g/mol. The van der Waals surface area contributed by atoms with Crippen LogP contribution in [0.2, 0.25) is 0 Å². The molecule has 198 valence electrons. The molecule has 0 aromatic rings. The van der Waals surface area contributed by atoms with Crippen LogP contribution in [0.5, 0.6) is 0 Å². The molecule has 1 unspecified atom stereocenters. The van der Waals surface area contributed by atoms with E-state index >= 15 is 0 Å². The third-order valence-corrected chi connectivity index (χ3v) is 7.44. The predicted molar refractivity (Wildman–Crippen MR) is 149 cm³/mol. The number of hydrogen-bond acceptors (Lipinski definition) is 3. The van der Waals surface area contributed by atoms with Crippen molar-refractivity contribution in [1.29, 1.82) is 0 Å². The molecule has 1 heterocycles. The summed E-state index contributed by atoms with van der Waals surface area (Å²) in [5.74, 6) is 0.609. The molecule has 1 amide bonds. The van der Waals surface area contributed by atoms with Crippen LogP contribution in [-0.2, 0) is 4.79 Å². The van der Waals surface area contributed by atoms with Gasteiger partial charge in [-0.2, -0.15) is 0 Å². The highest BCUT2D eigenvalue weighted by molar-refractivity contribution is 6.11. The molecule has 2 N–H and O–H groups in total. The summed E-state index contributed by atoms with van der Waals surface area (Å²) in [4.78, 5) is 17.6. The van der Waals surface area contributed by atoms with E-state index in [1.54, 1.807) is 0 Å². The molecule has 1 rings (SSSR count).